The van der Waals surface area contributed by atoms with Gasteiger partial charge in [0.05, 0.1) is 5.57 Å². The molecule has 0 amide bonds. The minimum absolute atomic E-state index is 0.0212. The molecule has 0 spiro atoms. The van der Waals surface area contributed by atoms with Crippen LogP contribution in [0, 0.1) is 18.8 Å². The number of benzene rings is 2. The molecule has 2 bridgehead atoms. The van der Waals surface area contributed by atoms with E-state index >= 15 is 0 Å². The van der Waals surface area contributed by atoms with Crippen molar-refractivity contribution >= 4 is 34.6 Å². The van der Waals surface area contributed by atoms with Gasteiger partial charge >= 0.3 is 0 Å². The minimum Gasteiger partial charge on any atom is -0.511 e. The van der Waals surface area contributed by atoms with Gasteiger partial charge in [-0.25, -0.2) is 0 Å². The van der Waals surface area contributed by atoms with E-state index in [0.717, 1.165) is 36.0 Å². The number of hydrogen-bond acceptors (Lipinski definition) is 2. The maximum atomic E-state index is 12.8. The summed E-state index contributed by atoms with van der Waals surface area (Å²) < 4.78 is 0. The van der Waals surface area contributed by atoms with E-state index in [2.05, 4.69) is 0 Å². The molecule has 1 fully saturated rings. The normalized spacial score (nSPS) is 22.6. The largest absolute Gasteiger partial charge is 0.511 e. The fourth-order valence-electron chi connectivity index (χ4n) is 4.11. The minimum atomic E-state index is 0.0212. The summed E-state index contributed by atoms with van der Waals surface area (Å²) in [5, 5.41) is 11.8. The van der Waals surface area contributed by atoms with Crippen LogP contribution in [-0.2, 0) is 4.79 Å². The van der Waals surface area contributed by atoms with Crippen LogP contribution in [0.25, 0.3) is 16.7 Å². The first-order chi connectivity index (χ1) is 12.0. The molecule has 2 aromatic rings. The van der Waals surface area contributed by atoms with Crippen molar-refractivity contribution in [1.29, 1.82) is 0 Å². The van der Waals surface area contributed by atoms with Gasteiger partial charge < -0.3 is 5.11 Å². The number of aryl methyl sites for hydroxylation is 1. The van der Waals surface area contributed by atoms with Crippen molar-refractivity contribution in [3.8, 4) is 11.1 Å². The van der Waals surface area contributed by atoms with Gasteiger partial charge in [-0.15, -0.1) is 0 Å². The number of aliphatic hydroxyl groups excluding tert-OH is 1. The van der Waals surface area contributed by atoms with E-state index in [0.29, 0.717) is 21.2 Å². The van der Waals surface area contributed by atoms with Crippen LogP contribution in [0.3, 0.4) is 0 Å². The SMILES string of the molecule is Cc1cc(Cl)ccc1-c1ccc(Cl)c(C2=C(O)[C@@H]3CC[C@@H](C3)C2=O)c1. The summed E-state index contributed by atoms with van der Waals surface area (Å²) in [7, 11) is 0. The molecule has 128 valence electrons. The third kappa shape index (κ3) is 2.78. The Bertz CT molecular complexity index is 914. The molecule has 1 N–H and O–H groups in total. The second-order valence-electron chi connectivity index (χ2n) is 6.99. The molecule has 0 unspecified atom stereocenters. The molecule has 0 saturated heterocycles. The van der Waals surface area contributed by atoms with Gasteiger partial charge in [0.2, 0.25) is 0 Å². The van der Waals surface area contributed by atoms with E-state index in [-0.39, 0.29) is 23.4 Å². The van der Waals surface area contributed by atoms with E-state index in [1.165, 1.54) is 0 Å². The van der Waals surface area contributed by atoms with Crippen molar-refractivity contribution in [2.45, 2.75) is 26.2 Å². The predicted octanol–water partition coefficient (Wildman–Crippen LogP) is 6.24. The van der Waals surface area contributed by atoms with Crippen molar-refractivity contribution < 1.29 is 9.90 Å². The summed E-state index contributed by atoms with van der Waals surface area (Å²) in [6.07, 6.45) is 2.49. The van der Waals surface area contributed by atoms with Gasteiger partial charge in [0, 0.05) is 27.4 Å². The first kappa shape index (κ1) is 16.7. The first-order valence-electron chi connectivity index (χ1n) is 8.49. The Morgan fingerprint density at radius 1 is 1.00 bits per heavy atom. The number of Topliss-reactive ketones (excluding diaryl/α,β-unsaturated/α-hetero) is 1. The number of carbonyl (C=O) groups is 1. The molecule has 4 rings (SSSR count). The highest BCUT2D eigenvalue weighted by atomic mass is 35.5. The molecule has 0 heterocycles. The number of ketones is 1. The zero-order chi connectivity index (χ0) is 17.7. The highest BCUT2D eigenvalue weighted by molar-refractivity contribution is 6.35. The third-order valence-electron chi connectivity index (χ3n) is 5.43. The first-order valence-corrected chi connectivity index (χ1v) is 9.25. The molecular formula is C21H18Cl2O2. The number of aliphatic hydroxyl groups is 1. The lowest BCUT2D eigenvalue weighted by atomic mass is 9.82. The number of hydrogen-bond donors (Lipinski definition) is 1. The lowest BCUT2D eigenvalue weighted by Gasteiger charge is -2.23. The molecule has 25 heavy (non-hydrogen) atoms. The molecule has 2 aliphatic carbocycles. The quantitative estimate of drug-likeness (QED) is 0.677. The van der Waals surface area contributed by atoms with Gasteiger partial charge in [-0.2, -0.15) is 0 Å². The topological polar surface area (TPSA) is 37.3 Å². The summed E-state index contributed by atoms with van der Waals surface area (Å²) in [5.41, 5.74) is 4.09. The van der Waals surface area contributed by atoms with Crippen molar-refractivity contribution in [1.82, 2.24) is 0 Å². The zero-order valence-electron chi connectivity index (χ0n) is 13.9. The van der Waals surface area contributed by atoms with Crippen LogP contribution in [0.2, 0.25) is 10.0 Å². The zero-order valence-corrected chi connectivity index (χ0v) is 15.4. The molecule has 1 saturated carbocycles. The summed E-state index contributed by atoms with van der Waals surface area (Å²) in [6, 6.07) is 11.4. The smallest absolute Gasteiger partial charge is 0.170 e. The maximum Gasteiger partial charge on any atom is 0.170 e. The van der Waals surface area contributed by atoms with E-state index in [4.69, 9.17) is 23.2 Å². The molecule has 0 aliphatic heterocycles. The van der Waals surface area contributed by atoms with Gasteiger partial charge in [-0.05, 0) is 67.1 Å². The van der Waals surface area contributed by atoms with Crippen LogP contribution in [0.1, 0.15) is 30.4 Å². The second kappa shape index (κ2) is 6.19. The van der Waals surface area contributed by atoms with Crippen LogP contribution in [0.15, 0.2) is 42.2 Å². The maximum absolute atomic E-state index is 12.8. The van der Waals surface area contributed by atoms with Crippen molar-refractivity contribution in [3.63, 3.8) is 0 Å². The van der Waals surface area contributed by atoms with Crippen molar-refractivity contribution in [2.24, 2.45) is 11.8 Å². The summed E-state index contributed by atoms with van der Waals surface area (Å²) in [5.74, 6) is 0.353. The second-order valence-corrected chi connectivity index (χ2v) is 7.83. The highest BCUT2D eigenvalue weighted by Gasteiger charge is 2.41. The van der Waals surface area contributed by atoms with Crippen LogP contribution in [-0.4, -0.2) is 10.9 Å². The van der Waals surface area contributed by atoms with Gasteiger partial charge in [-0.1, -0.05) is 35.3 Å². The fourth-order valence-corrected chi connectivity index (χ4v) is 4.55. The molecule has 0 radical (unpaired) electrons. The van der Waals surface area contributed by atoms with E-state index in [9.17, 15) is 9.90 Å². The van der Waals surface area contributed by atoms with E-state index in [1.54, 1.807) is 6.07 Å². The molecule has 0 aromatic heterocycles. The predicted molar refractivity (Wildman–Crippen MR) is 102 cm³/mol. The number of halogens is 2. The number of carbonyl (C=O) groups excluding carboxylic acids is 1. The lowest BCUT2D eigenvalue weighted by Crippen LogP contribution is -2.21. The highest BCUT2D eigenvalue weighted by Crippen LogP contribution is 2.46. The van der Waals surface area contributed by atoms with Gasteiger partial charge in [0.15, 0.2) is 5.78 Å². The Labute approximate surface area is 157 Å². The van der Waals surface area contributed by atoms with Gasteiger partial charge in [0.1, 0.15) is 5.76 Å². The molecule has 2 atom stereocenters. The number of allylic oxidation sites excluding steroid dienone is 2. The van der Waals surface area contributed by atoms with Crippen LogP contribution < -0.4 is 0 Å². The lowest BCUT2D eigenvalue weighted by molar-refractivity contribution is -0.117. The van der Waals surface area contributed by atoms with Crippen LogP contribution >= 0.6 is 23.2 Å². The molecular weight excluding hydrogens is 355 g/mol. The Kier molecular flexibility index (Phi) is 4.13. The summed E-state index contributed by atoms with van der Waals surface area (Å²) in [6.45, 7) is 2.00. The number of rotatable bonds is 2. The van der Waals surface area contributed by atoms with Gasteiger partial charge in [-0.3, -0.25) is 4.79 Å². The van der Waals surface area contributed by atoms with E-state index in [1.807, 2.05) is 37.3 Å². The molecule has 4 heteroatoms. The summed E-state index contributed by atoms with van der Waals surface area (Å²) >= 11 is 12.5. The average molecular weight is 373 g/mol. The van der Waals surface area contributed by atoms with Crippen LogP contribution in [0.5, 0.6) is 0 Å². The Morgan fingerprint density at radius 3 is 2.52 bits per heavy atom. The Balaban J connectivity index is 1.86. The van der Waals surface area contributed by atoms with Crippen molar-refractivity contribution in [2.75, 3.05) is 0 Å². The third-order valence-corrected chi connectivity index (χ3v) is 5.99. The standard InChI is InChI=1S/C21H18Cl2O2/c1-11-8-15(22)5-6-16(11)12-4-7-18(23)17(10-12)19-20(24)13-2-3-14(9-13)21(19)25/h4-8,10,13-14,24H,2-3,9H2,1H3/t13-,14+/m1/s1. The fraction of sp³-hybridized carbons (Fsp3) is 0.286. The Morgan fingerprint density at radius 2 is 1.76 bits per heavy atom. The van der Waals surface area contributed by atoms with Crippen LogP contribution in [0.4, 0.5) is 0 Å². The monoisotopic (exact) mass is 372 g/mol. The van der Waals surface area contributed by atoms with Gasteiger partial charge in [0.25, 0.3) is 0 Å². The molecule has 2 nitrogen and oxygen atoms in total. The number of fused-ring (bicyclic) bond motifs is 2. The average Bonchev–Trinajstić information content (AvgIpc) is 3.02. The van der Waals surface area contributed by atoms with Crippen molar-refractivity contribution in [3.05, 3.63) is 63.3 Å². The molecule has 2 aromatic carbocycles. The van der Waals surface area contributed by atoms with E-state index < -0.39 is 0 Å². The summed E-state index contributed by atoms with van der Waals surface area (Å²) in [4.78, 5) is 12.8. The Hall–Kier alpha value is -1.77. The molecule has 2 aliphatic rings.